The number of rotatable bonds is 4. The Hall–Kier alpha value is -7.37. The molecule has 2 aliphatic heterocycles. The lowest BCUT2D eigenvalue weighted by Gasteiger charge is -2.41. The molecule has 252 valence electrons. The van der Waals surface area contributed by atoms with Crippen LogP contribution in [0.25, 0.3) is 66.9 Å². The lowest BCUT2D eigenvalue weighted by atomic mass is 9.94. The van der Waals surface area contributed by atoms with Crippen molar-refractivity contribution >= 4 is 44.9 Å². The third-order valence-electron chi connectivity index (χ3n) is 10.6. The number of fused-ring (bicyclic) bond motifs is 8. The highest BCUT2D eigenvalue weighted by Crippen LogP contribution is 2.61. The van der Waals surface area contributed by atoms with Crippen molar-refractivity contribution in [3.63, 3.8) is 0 Å². The van der Waals surface area contributed by atoms with Crippen LogP contribution in [-0.4, -0.2) is 15.0 Å². The zero-order valence-corrected chi connectivity index (χ0v) is 29.1. The minimum absolute atomic E-state index is 0.641. The normalized spacial score (nSPS) is 12.4. The molecule has 0 unspecified atom stereocenters. The quantitative estimate of drug-likeness (QED) is 0.184. The van der Waals surface area contributed by atoms with E-state index in [1.54, 1.807) is 0 Å². The zero-order valence-electron chi connectivity index (χ0n) is 29.1. The Balaban J connectivity index is 1.12. The van der Waals surface area contributed by atoms with Gasteiger partial charge in [-0.25, -0.2) is 15.0 Å². The average Bonchev–Trinajstić information content (AvgIpc) is 3.37. The van der Waals surface area contributed by atoms with E-state index in [-0.39, 0.29) is 0 Å². The average molecular weight is 690 g/mol. The van der Waals surface area contributed by atoms with Gasteiger partial charge in [-0.15, -0.1) is 0 Å². The van der Waals surface area contributed by atoms with E-state index in [0.29, 0.717) is 5.82 Å². The summed E-state index contributed by atoms with van der Waals surface area (Å²) in [5, 5.41) is 2.35. The van der Waals surface area contributed by atoms with Gasteiger partial charge in [0.25, 0.3) is 0 Å². The maximum atomic E-state index is 5.07. The maximum Gasteiger partial charge on any atom is 0.159 e. The van der Waals surface area contributed by atoms with Gasteiger partial charge in [0.05, 0.1) is 57.9 Å². The Kier molecular flexibility index (Phi) is 6.79. The molecule has 0 saturated heterocycles. The summed E-state index contributed by atoms with van der Waals surface area (Å²) < 4.78 is 0. The first-order chi connectivity index (χ1) is 26.8. The van der Waals surface area contributed by atoms with Gasteiger partial charge in [0.2, 0.25) is 0 Å². The van der Waals surface area contributed by atoms with Gasteiger partial charge in [0.15, 0.2) is 5.82 Å². The molecular weight excluding hydrogens is 659 g/mol. The number of hydrogen-bond acceptors (Lipinski definition) is 5. The molecule has 0 radical (unpaired) electrons. The number of para-hydroxylation sites is 2. The molecule has 0 N–H and O–H groups in total. The summed E-state index contributed by atoms with van der Waals surface area (Å²) in [4.78, 5) is 20.0. The fraction of sp³-hybridized carbons (Fsp3) is 0. The van der Waals surface area contributed by atoms with Crippen LogP contribution in [0.3, 0.4) is 0 Å². The van der Waals surface area contributed by atoms with Gasteiger partial charge in [-0.1, -0.05) is 140 Å². The first-order valence-corrected chi connectivity index (χ1v) is 18.2. The monoisotopic (exact) mass is 689 g/mol. The van der Waals surface area contributed by atoms with E-state index in [4.69, 9.17) is 15.0 Å². The van der Waals surface area contributed by atoms with Crippen molar-refractivity contribution in [2.24, 2.45) is 0 Å². The third kappa shape index (κ3) is 4.76. The molecule has 0 amide bonds. The molecule has 0 fully saturated rings. The minimum Gasteiger partial charge on any atom is -0.305 e. The van der Waals surface area contributed by atoms with Crippen molar-refractivity contribution < 1.29 is 0 Å². The second-order valence-corrected chi connectivity index (χ2v) is 13.7. The molecule has 2 aromatic heterocycles. The van der Waals surface area contributed by atoms with E-state index in [2.05, 4.69) is 149 Å². The first kappa shape index (κ1) is 30.3. The van der Waals surface area contributed by atoms with Crippen LogP contribution in [0.5, 0.6) is 0 Å². The number of aromatic nitrogens is 3. The van der Waals surface area contributed by atoms with Gasteiger partial charge in [0.1, 0.15) is 0 Å². The number of nitrogens with zero attached hydrogens (tertiary/aromatic N) is 5. The molecule has 11 rings (SSSR count). The van der Waals surface area contributed by atoms with Gasteiger partial charge in [-0.05, 0) is 58.3 Å². The molecular formula is C49H31N5. The molecule has 0 bridgehead atoms. The Morgan fingerprint density at radius 1 is 0.352 bits per heavy atom. The lowest BCUT2D eigenvalue weighted by molar-refractivity contribution is 1.12. The molecule has 5 nitrogen and oxygen atoms in total. The molecule has 0 aliphatic carbocycles. The predicted molar refractivity (Wildman–Crippen MR) is 221 cm³/mol. The highest BCUT2D eigenvalue weighted by atomic mass is 15.3. The van der Waals surface area contributed by atoms with Crippen LogP contribution in [0.4, 0.5) is 34.1 Å². The van der Waals surface area contributed by atoms with Crippen molar-refractivity contribution in [2.45, 2.75) is 0 Å². The summed E-state index contributed by atoms with van der Waals surface area (Å²) in [6, 6.07) is 62.1. The first-order valence-electron chi connectivity index (χ1n) is 18.2. The van der Waals surface area contributed by atoms with Crippen molar-refractivity contribution in [1.29, 1.82) is 0 Å². The second kappa shape index (κ2) is 12.1. The number of benzene rings is 7. The molecule has 4 heterocycles. The Bertz CT molecular complexity index is 2830. The van der Waals surface area contributed by atoms with Gasteiger partial charge >= 0.3 is 0 Å². The second-order valence-electron chi connectivity index (χ2n) is 13.7. The third-order valence-corrected chi connectivity index (χ3v) is 10.6. The molecule has 0 saturated carbocycles. The van der Waals surface area contributed by atoms with E-state index < -0.39 is 0 Å². The summed E-state index contributed by atoms with van der Waals surface area (Å²) in [7, 11) is 0. The van der Waals surface area contributed by atoms with Crippen molar-refractivity contribution in [3.05, 3.63) is 188 Å². The summed E-state index contributed by atoms with van der Waals surface area (Å²) in [6.45, 7) is 0. The zero-order chi connectivity index (χ0) is 35.6. The van der Waals surface area contributed by atoms with Crippen molar-refractivity contribution in [1.82, 2.24) is 15.0 Å². The van der Waals surface area contributed by atoms with Gasteiger partial charge in [-0.2, -0.15) is 0 Å². The SMILES string of the molecule is c1ccc(-c2cc(-c3ncc(N4c5cc6ccccc6cc5N5c6ccccc6-c6ccccc6-c6cccc4c65)cn3)cc(-c3ccccc3)n2)cc1. The van der Waals surface area contributed by atoms with Gasteiger partial charge < -0.3 is 9.80 Å². The highest BCUT2D eigenvalue weighted by molar-refractivity contribution is 6.13. The molecule has 54 heavy (non-hydrogen) atoms. The number of pyridine rings is 1. The fourth-order valence-electron chi connectivity index (χ4n) is 8.13. The van der Waals surface area contributed by atoms with E-state index >= 15 is 0 Å². The summed E-state index contributed by atoms with van der Waals surface area (Å²) in [5.41, 5.74) is 16.0. The van der Waals surface area contributed by atoms with E-state index in [1.807, 2.05) is 48.8 Å². The van der Waals surface area contributed by atoms with Gasteiger partial charge in [-0.3, -0.25) is 0 Å². The maximum absolute atomic E-state index is 5.07. The fourth-order valence-corrected chi connectivity index (χ4v) is 8.13. The predicted octanol–water partition coefficient (Wildman–Crippen LogP) is 12.9. The van der Waals surface area contributed by atoms with Crippen LogP contribution in [0, 0.1) is 0 Å². The van der Waals surface area contributed by atoms with E-state index in [1.165, 1.54) is 33.0 Å². The molecule has 0 spiro atoms. The van der Waals surface area contributed by atoms with E-state index in [9.17, 15) is 0 Å². The van der Waals surface area contributed by atoms with Crippen molar-refractivity contribution in [2.75, 3.05) is 9.80 Å². The van der Waals surface area contributed by atoms with Crippen molar-refractivity contribution in [3.8, 4) is 56.2 Å². The molecule has 0 atom stereocenters. The topological polar surface area (TPSA) is 45.2 Å². The summed E-state index contributed by atoms with van der Waals surface area (Å²) in [5.74, 6) is 0.641. The molecule has 9 aromatic rings. The van der Waals surface area contributed by atoms with Crippen LogP contribution >= 0.6 is 0 Å². The van der Waals surface area contributed by atoms with Crippen LogP contribution in [0.1, 0.15) is 0 Å². The number of anilines is 6. The summed E-state index contributed by atoms with van der Waals surface area (Å²) >= 11 is 0. The smallest absolute Gasteiger partial charge is 0.159 e. The molecule has 7 aromatic carbocycles. The minimum atomic E-state index is 0.641. The Labute approximate surface area is 313 Å². The number of hydrogen-bond donors (Lipinski definition) is 0. The van der Waals surface area contributed by atoms with E-state index in [0.717, 1.165) is 62.2 Å². The molecule has 5 heteroatoms. The Morgan fingerprint density at radius 3 is 1.50 bits per heavy atom. The van der Waals surface area contributed by atoms with Crippen LogP contribution in [0.15, 0.2) is 188 Å². The molecule has 2 aliphatic rings. The van der Waals surface area contributed by atoms with Crippen LogP contribution in [0.2, 0.25) is 0 Å². The summed E-state index contributed by atoms with van der Waals surface area (Å²) in [6.07, 6.45) is 3.92. The lowest BCUT2D eigenvalue weighted by Crippen LogP contribution is -2.24. The largest absolute Gasteiger partial charge is 0.305 e. The highest BCUT2D eigenvalue weighted by Gasteiger charge is 2.36. The standard InChI is InChI=1S/C49H31N5/c1-3-14-32(15-4-1)42-26-36(27-43(52-42)33-16-5-2-6-17-33)49-50-30-37(31-51-49)53-45-25-13-23-41-39-21-10-9-20-38(39)40-22-11-12-24-44(40)54(48(41)45)47-29-35-19-8-7-18-34(35)28-46(47)53/h1-31H. The van der Waals surface area contributed by atoms with Crippen LogP contribution in [-0.2, 0) is 0 Å². The Morgan fingerprint density at radius 2 is 0.852 bits per heavy atom. The van der Waals surface area contributed by atoms with Crippen LogP contribution < -0.4 is 9.80 Å². The van der Waals surface area contributed by atoms with Gasteiger partial charge in [0, 0.05) is 27.8 Å².